The molecule has 0 saturated carbocycles. The summed E-state index contributed by atoms with van der Waals surface area (Å²) in [6, 6.07) is 1.51. The van der Waals surface area contributed by atoms with Crippen molar-refractivity contribution >= 4 is 38.5 Å². The number of aromatic amines is 1. The van der Waals surface area contributed by atoms with Gasteiger partial charge in [-0.15, -0.1) is 0 Å². The summed E-state index contributed by atoms with van der Waals surface area (Å²) in [7, 11) is -3.30. The highest BCUT2D eigenvalue weighted by molar-refractivity contribution is 7.89. The first-order valence-corrected chi connectivity index (χ1v) is 11.8. The van der Waals surface area contributed by atoms with Crippen LogP contribution in [0.3, 0.4) is 0 Å². The third-order valence-corrected chi connectivity index (χ3v) is 7.31. The molecule has 1 aliphatic rings. The lowest BCUT2D eigenvalue weighted by atomic mass is 10.1. The van der Waals surface area contributed by atoms with Gasteiger partial charge in [-0.25, -0.2) is 27.8 Å². The summed E-state index contributed by atoms with van der Waals surface area (Å²) in [5.41, 5.74) is 1.28. The Morgan fingerprint density at radius 1 is 1.37 bits per heavy atom. The maximum absolute atomic E-state index is 14.4. The van der Waals surface area contributed by atoms with Gasteiger partial charge in [-0.2, -0.15) is 4.31 Å². The minimum atomic E-state index is -3.30. The number of piperidine rings is 1. The highest BCUT2D eigenvalue weighted by atomic mass is 35.5. The monoisotopic (exact) mass is 452 g/mol. The summed E-state index contributed by atoms with van der Waals surface area (Å²) in [6.45, 7) is 2.61. The van der Waals surface area contributed by atoms with Gasteiger partial charge in [0.15, 0.2) is 17.5 Å². The van der Waals surface area contributed by atoms with Crippen LogP contribution in [-0.4, -0.2) is 57.5 Å². The van der Waals surface area contributed by atoms with Crippen molar-refractivity contribution in [2.45, 2.75) is 32.2 Å². The number of nitrogens with one attached hydrogen (secondary N) is 2. The molecule has 4 rings (SSSR count). The van der Waals surface area contributed by atoms with E-state index in [-0.39, 0.29) is 24.2 Å². The van der Waals surface area contributed by atoms with E-state index in [0.717, 1.165) is 18.0 Å². The number of hydrogen-bond donors (Lipinski definition) is 2. The van der Waals surface area contributed by atoms with E-state index in [1.807, 2.05) is 6.92 Å². The smallest absolute Gasteiger partial charge is 0.214 e. The van der Waals surface area contributed by atoms with Gasteiger partial charge in [-0.3, -0.25) is 0 Å². The van der Waals surface area contributed by atoms with Gasteiger partial charge in [-0.05, 0) is 25.3 Å². The lowest BCUT2D eigenvalue weighted by Gasteiger charge is -2.32. The number of fused-ring (bicyclic) bond motifs is 1. The fraction of sp³-hybridized carbons (Fsp3) is 0.421. The maximum Gasteiger partial charge on any atom is 0.214 e. The minimum Gasteiger partial charge on any atom is -0.363 e. The third kappa shape index (κ3) is 4.26. The van der Waals surface area contributed by atoms with Crippen molar-refractivity contribution in [3.8, 4) is 11.4 Å². The standard InChI is InChI=1S/C19H22ClFN6O2S/c1-2-6-30(28,29)27-5-3-4-13(11-27)25-19-16(21)10-24-18(26-19)15-9-23-17-14(15)7-12(20)8-22-17/h7-10,13H,2-6,11H2,1H3,(H,22,23)(H,24,25,26). The highest BCUT2D eigenvalue weighted by Gasteiger charge is 2.29. The molecule has 0 amide bonds. The molecule has 0 bridgehead atoms. The van der Waals surface area contributed by atoms with Gasteiger partial charge in [0.25, 0.3) is 0 Å². The van der Waals surface area contributed by atoms with Crippen molar-refractivity contribution < 1.29 is 12.8 Å². The van der Waals surface area contributed by atoms with Crippen LogP contribution >= 0.6 is 11.6 Å². The predicted octanol–water partition coefficient (Wildman–Crippen LogP) is 3.43. The van der Waals surface area contributed by atoms with Gasteiger partial charge in [0, 0.05) is 42.5 Å². The van der Waals surface area contributed by atoms with Crippen LogP contribution in [0.4, 0.5) is 10.2 Å². The molecule has 11 heteroatoms. The second-order valence-electron chi connectivity index (χ2n) is 7.30. The number of nitrogens with zero attached hydrogens (tertiary/aromatic N) is 4. The number of halogens is 2. The quantitative estimate of drug-likeness (QED) is 0.593. The maximum atomic E-state index is 14.4. The van der Waals surface area contributed by atoms with E-state index < -0.39 is 15.8 Å². The Balaban J connectivity index is 1.59. The van der Waals surface area contributed by atoms with Gasteiger partial charge in [0.1, 0.15) is 5.65 Å². The third-order valence-electron chi connectivity index (χ3n) is 5.06. The van der Waals surface area contributed by atoms with Crippen molar-refractivity contribution in [2.24, 2.45) is 0 Å². The van der Waals surface area contributed by atoms with Crippen molar-refractivity contribution in [3.05, 3.63) is 35.5 Å². The molecule has 0 aliphatic carbocycles. The van der Waals surface area contributed by atoms with Crippen molar-refractivity contribution in [1.82, 2.24) is 24.2 Å². The average Bonchev–Trinajstić information content (AvgIpc) is 3.13. The predicted molar refractivity (Wildman–Crippen MR) is 114 cm³/mol. The molecule has 4 heterocycles. The zero-order chi connectivity index (χ0) is 21.3. The Hall–Kier alpha value is -2.30. The zero-order valence-corrected chi connectivity index (χ0v) is 18.0. The van der Waals surface area contributed by atoms with E-state index >= 15 is 0 Å². The number of pyridine rings is 1. The lowest BCUT2D eigenvalue weighted by molar-refractivity contribution is 0.326. The Morgan fingerprint density at radius 2 is 2.20 bits per heavy atom. The molecule has 1 atom stereocenters. The Labute approximate surface area is 178 Å². The molecule has 3 aromatic heterocycles. The Kier molecular flexibility index (Phi) is 5.90. The molecule has 0 spiro atoms. The van der Waals surface area contributed by atoms with Gasteiger partial charge in [0.05, 0.1) is 17.0 Å². The molecule has 1 fully saturated rings. The largest absolute Gasteiger partial charge is 0.363 e. The van der Waals surface area contributed by atoms with Crippen LogP contribution in [0.1, 0.15) is 26.2 Å². The second kappa shape index (κ2) is 8.44. The van der Waals surface area contributed by atoms with Crippen molar-refractivity contribution in [3.63, 3.8) is 0 Å². The minimum absolute atomic E-state index is 0.0454. The number of H-pyrrole nitrogens is 1. The molecule has 1 unspecified atom stereocenters. The van der Waals surface area contributed by atoms with Crippen LogP contribution in [-0.2, 0) is 10.0 Å². The molecule has 0 aromatic carbocycles. The van der Waals surface area contributed by atoms with Crippen LogP contribution in [0.2, 0.25) is 5.02 Å². The van der Waals surface area contributed by atoms with E-state index in [1.165, 1.54) is 10.5 Å². The average molecular weight is 453 g/mol. The topological polar surface area (TPSA) is 104 Å². The summed E-state index contributed by atoms with van der Waals surface area (Å²) in [5.74, 6) is -0.115. The zero-order valence-electron chi connectivity index (χ0n) is 16.4. The number of aromatic nitrogens is 4. The Bertz CT molecular complexity index is 1170. The van der Waals surface area contributed by atoms with Gasteiger partial charge in [-0.1, -0.05) is 18.5 Å². The number of anilines is 1. The molecule has 2 N–H and O–H groups in total. The van der Waals surface area contributed by atoms with Crippen molar-refractivity contribution in [2.75, 3.05) is 24.2 Å². The van der Waals surface area contributed by atoms with Crippen LogP contribution in [0.25, 0.3) is 22.4 Å². The molecule has 160 valence electrons. The fourth-order valence-corrected chi connectivity index (χ4v) is 5.40. The molecule has 1 saturated heterocycles. The summed E-state index contributed by atoms with van der Waals surface area (Å²) < 4.78 is 40.7. The summed E-state index contributed by atoms with van der Waals surface area (Å²) in [6.07, 6.45) is 6.32. The molecule has 0 radical (unpaired) electrons. The summed E-state index contributed by atoms with van der Waals surface area (Å²) in [4.78, 5) is 15.7. The van der Waals surface area contributed by atoms with E-state index in [0.29, 0.717) is 41.4 Å². The number of hydrogen-bond acceptors (Lipinski definition) is 6. The first-order valence-electron chi connectivity index (χ1n) is 9.77. The van der Waals surface area contributed by atoms with E-state index in [4.69, 9.17) is 11.6 Å². The molecule has 1 aliphatic heterocycles. The SMILES string of the molecule is CCCS(=O)(=O)N1CCCC(Nc2nc(-c3c[nH]c4ncc(Cl)cc34)ncc2F)C1. The van der Waals surface area contributed by atoms with E-state index in [1.54, 1.807) is 12.3 Å². The van der Waals surface area contributed by atoms with Gasteiger partial charge in [0.2, 0.25) is 10.0 Å². The number of rotatable bonds is 6. The number of sulfonamides is 1. The second-order valence-corrected chi connectivity index (χ2v) is 9.82. The van der Waals surface area contributed by atoms with Crippen LogP contribution in [0.15, 0.2) is 24.7 Å². The molecular weight excluding hydrogens is 431 g/mol. The van der Waals surface area contributed by atoms with Crippen molar-refractivity contribution in [1.29, 1.82) is 0 Å². The first-order chi connectivity index (χ1) is 14.4. The van der Waals surface area contributed by atoms with Gasteiger partial charge < -0.3 is 10.3 Å². The normalized spacial score (nSPS) is 18.0. The molecular formula is C19H22ClFN6O2S. The summed E-state index contributed by atoms with van der Waals surface area (Å²) >= 11 is 6.05. The van der Waals surface area contributed by atoms with Crippen LogP contribution < -0.4 is 5.32 Å². The fourth-order valence-electron chi connectivity index (χ4n) is 3.65. The van der Waals surface area contributed by atoms with E-state index in [9.17, 15) is 12.8 Å². The Morgan fingerprint density at radius 3 is 3.00 bits per heavy atom. The van der Waals surface area contributed by atoms with E-state index in [2.05, 4.69) is 25.3 Å². The lowest BCUT2D eigenvalue weighted by Crippen LogP contribution is -2.46. The van der Waals surface area contributed by atoms with Gasteiger partial charge >= 0.3 is 0 Å². The van der Waals surface area contributed by atoms with Crippen LogP contribution in [0, 0.1) is 5.82 Å². The molecule has 8 nitrogen and oxygen atoms in total. The highest BCUT2D eigenvalue weighted by Crippen LogP contribution is 2.28. The molecule has 3 aromatic rings. The molecule has 30 heavy (non-hydrogen) atoms. The van der Waals surface area contributed by atoms with Crippen LogP contribution in [0.5, 0.6) is 0 Å². The summed E-state index contributed by atoms with van der Waals surface area (Å²) in [5, 5.41) is 4.27. The first kappa shape index (κ1) is 21.0.